The maximum absolute atomic E-state index is 5.52. The van der Waals surface area contributed by atoms with Crippen molar-refractivity contribution >= 4 is 17.6 Å². The Labute approximate surface area is 89.7 Å². The smallest absolute Gasteiger partial charge is 0.123 e. The summed E-state index contributed by atoms with van der Waals surface area (Å²) < 4.78 is 0. The van der Waals surface area contributed by atoms with E-state index in [9.17, 15) is 0 Å². The molecule has 80 valence electrons. The van der Waals surface area contributed by atoms with Gasteiger partial charge in [0.05, 0.1) is 0 Å². The Bertz CT molecular complexity index is 363. The zero-order valence-corrected chi connectivity index (χ0v) is 9.01. The van der Waals surface area contributed by atoms with E-state index in [2.05, 4.69) is 9.98 Å². The van der Waals surface area contributed by atoms with Crippen molar-refractivity contribution in [1.29, 1.82) is 0 Å². The van der Waals surface area contributed by atoms with Crippen LogP contribution in [-0.2, 0) is 0 Å². The summed E-state index contributed by atoms with van der Waals surface area (Å²) in [6.45, 7) is 4.01. The maximum Gasteiger partial charge on any atom is 0.123 e. The molecule has 0 bridgehead atoms. The zero-order chi connectivity index (χ0) is 11.3. The van der Waals surface area contributed by atoms with E-state index in [1.54, 1.807) is 18.5 Å². The third kappa shape index (κ3) is 3.42. The van der Waals surface area contributed by atoms with E-state index in [-0.39, 0.29) is 6.04 Å². The highest BCUT2D eigenvalue weighted by Crippen LogP contribution is 2.11. The van der Waals surface area contributed by atoms with Crippen molar-refractivity contribution in [2.45, 2.75) is 19.9 Å². The lowest BCUT2D eigenvalue weighted by atomic mass is 10.1. The summed E-state index contributed by atoms with van der Waals surface area (Å²) in [5.74, 6) is 0.496. The molecule has 0 saturated heterocycles. The first kappa shape index (κ1) is 11.2. The number of aromatic nitrogens is 1. The van der Waals surface area contributed by atoms with Gasteiger partial charge in [-0.25, -0.2) is 4.98 Å². The van der Waals surface area contributed by atoms with Crippen LogP contribution >= 0.6 is 0 Å². The van der Waals surface area contributed by atoms with Crippen molar-refractivity contribution < 1.29 is 0 Å². The third-order valence-corrected chi connectivity index (χ3v) is 1.81. The van der Waals surface area contributed by atoms with Crippen LogP contribution in [0.1, 0.15) is 19.4 Å². The first-order chi connectivity index (χ1) is 7.13. The van der Waals surface area contributed by atoms with E-state index in [4.69, 9.17) is 11.5 Å². The van der Waals surface area contributed by atoms with Gasteiger partial charge < -0.3 is 11.5 Å². The molecular formula is C11H16N4. The Balaban J connectivity index is 2.89. The second-order valence-electron chi connectivity index (χ2n) is 3.47. The lowest BCUT2D eigenvalue weighted by Crippen LogP contribution is -1.97. The summed E-state index contributed by atoms with van der Waals surface area (Å²) in [7, 11) is 0. The number of hydrogen-bond acceptors (Lipinski definition) is 4. The van der Waals surface area contributed by atoms with E-state index in [0.29, 0.717) is 5.82 Å². The lowest BCUT2D eigenvalue weighted by Gasteiger charge is -2.02. The van der Waals surface area contributed by atoms with Crippen LogP contribution in [0, 0.1) is 0 Å². The number of anilines is 1. The van der Waals surface area contributed by atoms with Gasteiger partial charge in [-0.3, -0.25) is 4.99 Å². The molecule has 0 aliphatic rings. The monoisotopic (exact) mass is 204 g/mol. The van der Waals surface area contributed by atoms with Crippen molar-refractivity contribution in [2.75, 3.05) is 5.73 Å². The minimum absolute atomic E-state index is 0.252. The van der Waals surface area contributed by atoms with Gasteiger partial charge in [0.2, 0.25) is 0 Å². The predicted molar refractivity (Wildman–Crippen MR) is 64.4 cm³/mol. The highest BCUT2D eigenvalue weighted by atomic mass is 14.8. The first-order valence-corrected chi connectivity index (χ1v) is 4.80. The summed E-state index contributed by atoms with van der Waals surface area (Å²) >= 11 is 0. The number of nitrogens with two attached hydrogens (primary N) is 2. The van der Waals surface area contributed by atoms with E-state index < -0.39 is 0 Å². The topological polar surface area (TPSA) is 77.3 Å². The van der Waals surface area contributed by atoms with Crippen molar-refractivity contribution in [3.8, 4) is 0 Å². The Hall–Kier alpha value is -1.84. The molecule has 4 nitrogen and oxygen atoms in total. The molecule has 1 aromatic rings. The molecule has 0 aliphatic carbocycles. The number of hydrogen-bond donors (Lipinski definition) is 2. The van der Waals surface area contributed by atoms with E-state index in [0.717, 1.165) is 11.1 Å². The van der Waals surface area contributed by atoms with Gasteiger partial charge in [0.1, 0.15) is 5.82 Å². The normalized spacial score (nSPS) is 12.6. The molecule has 0 amide bonds. The highest BCUT2D eigenvalue weighted by Gasteiger charge is 1.98. The standard InChI is InChI=1S/C11H16N4/c1-8(2)14-7-10(5-12)9-3-4-11(13)15-6-9/h3-8H,12H2,1-2H3,(H2,13,15)/b10-5+,14-7?. The molecule has 0 unspecified atom stereocenters. The van der Waals surface area contributed by atoms with Gasteiger partial charge in [0.25, 0.3) is 0 Å². The summed E-state index contributed by atoms with van der Waals surface area (Å²) in [6.07, 6.45) is 4.94. The van der Waals surface area contributed by atoms with Gasteiger partial charge in [-0.05, 0) is 26.0 Å². The number of nitrogen functional groups attached to an aromatic ring is 1. The second-order valence-corrected chi connectivity index (χ2v) is 3.47. The number of rotatable bonds is 3. The fourth-order valence-corrected chi connectivity index (χ4v) is 1.02. The average molecular weight is 204 g/mol. The quantitative estimate of drug-likeness (QED) is 0.731. The molecule has 1 rings (SSSR count). The van der Waals surface area contributed by atoms with Crippen LogP contribution in [0.2, 0.25) is 0 Å². The molecule has 0 fully saturated rings. The predicted octanol–water partition coefficient (Wildman–Crippen LogP) is 1.44. The summed E-state index contributed by atoms with van der Waals surface area (Å²) in [6, 6.07) is 3.86. The van der Waals surface area contributed by atoms with Crippen molar-refractivity contribution in [2.24, 2.45) is 10.7 Å². The Kier molecular flexibility index (Phi) is 3.85. The van der Waals surface area contributed by atoms with Gasteiger partial charge in [-0.1, -0.05) is 0 Å². The number of nitrogens with zero attached hydrogens (tertiary/aromatic N) is 2. The van der Waals surface area contributed by atoms with Crippen LogP contribution in [0.25, 0.3) is 5.57 Å². The zero-order valence-electron chi connectivity index (χ0n) is 9.01. The largest absolute Gasteiger partial charge is 0.404 e. The number of aliphatic imine (C=N–C) groups is 1. The molecule has 0 aliphatic heterocycles. The third-order valence-electron chi connectivity index (χ3n) is 1.81. The second kappa shape index (κ2) is 5.14. The van der Waals surface area contributed by atoms with Crippen molar-refractivity contribution in [1.82, 2.24) is 4.98 Å². The lowest BCUT2D eigenvalue weighted by molar-refractivity contribution is 0.842. The average Bonchev–Trinajstić information content (AvgIpc) is 2.21. The molecule has 1 heterocycles. The van der Waals surface area contributed by atoms with Crippen LogP contribution in [0.5, 0.6) is 0 Å². The van der Waals surface area contributed by atoms with Crippen molar-refractivity contribution in [3.63, 3.8) is 0 Å². The van der Waals surface area contributed by atoms with Crippen molar-refractivity contribution in [3.05, 3.63) is 30.1 Å². The fourth-order valence-electron chi connectivity index (χ4n) is 1.02. The Morgan fingerprint density at radius 2 is 2.20 bits per heavy atom. The minimum atomic E-state index is 0.252. The molecular weight excluding hydrogens is 188 g/mol. The molecule has 0 atom stereocenters. The van der Waals surface area contributed by atoms with E-state index in [1.807, 2.05) is 19.9 Å². The van der Waals surface area contributed by atoms with Crippen LogP contribution in [0.15, 0.2) is 29.5 Å². The van der Waals surface area contributed by atoms with Crippen LogP contribution in [0.4, 0.5) is 5.82 Å². The summed E-state index contributed by atoms with van der Waals surface area (Å²) in [4.78, 5) is 8.26. The summed E-state index contributed by atoms with van der Waals surface area (Å²) in [5.41, 5.74) is 12.8. The maximum atomic E-state index is 5.52. The van der Waals surface area contributed by atoms with Gasteiger partial charge in [-0.15, -0.1) is 0 Å². The van der Waals surface area contributed by atoms with Gasteiger partial charge >= 0.3 is 0 Å². The Morgan fingerprint density at radius 1 is 1.47 bits per heavy atom. The molecule has 0 radical (unpaired) electrons. The SMILES string of the molecule is CC(C)N=C/C(=C\N)c1ccc(N)nc1. The number of allylic oxidation sites excluding steroid dienone is 1. The first-order valence-electron chi connectivity index (χ1n) is 4.80. The van der Waals surface area contributed by atoms with Crippen LogP contribution in [-0.4, -0.2) is 17.2 Å². The van der Waals surface area contributed by atoms with Gasteiger partial charge in [0.15, 0.2) is 0 Å². The van der Waals surface area contributed by atoms with Gasteiger partial charge in [-0.2, -0.15) is 0 Å². The molecule has 15 heavy (non-hydrogen) atoms. The summed E-state index contributed by atoms with van der Waals surface area (Å²) in [5, 5.41) is 0. The minimum Gasteiger partial charge on any atom is -0.404 e. The molecule has 0 aromatic carbocycles. The highest BCUT2D eigenvalue weighted by molar-refractivity contribution is 6.09. The number of pyridine rings is 1. The Morgan fingerprint density at radius 3 is 2.67 bits per heavy atom. The molecule has 0 spiro atoms. The van der Waals surface area contributed by atoms with E-state index in [1.165, 1.54) is 6.20 Å². The van der Waals surface area contributed by atoms with Crippen LogP contribution < -0.4 is 11.5 Å². The van der Waals surface area contributed by atoms with E-state index >= 15 is 0 Å². The fraction of sp³-hybridized carbons (Fsp3) is 0.273. The molecule has 0 saturated carbocycles. The van der Waals surface area contributed by atoms with Gasteiger partial charge in [0, 0.05) is 35.8 Å². The molecule has 1 aromatic heterocycles. The molecule has 4 N–H and O–H groups in total. The molecule has 4 heteroatoms. The van der Waals surface area contributed by atoms with Crippen LogP contribution in [0.3, 0.4) is 0 Å².